The number of likely N-dealkylation sites (N-methyl/N-ethyl adjacent to an activating group) is 1. The number of aromatic carboxylic acids is 1. The zero-order valence-electron chi connectivity index (χ0n) is 22.4. The maximum atomic E-state index is 14.2. The Kier molecular flexibility index (Phi) is 7.90. The average Bonchev–Trinajstić information content (AvgIpc) is 3.01. The molecule has 3 aromatic rings. The van der Waals surface area contributed by atoms with Crippen LogP contribution in [-0.4, -0.2) is 49.3 Å². The fourth-order valence-corrected chi connectivity index (χ4v) is 7.79. The molecule has 1 heterocycles. The topological polar surface area (TPSA) is 107 Å². The van der Waals surface area contributed by atoms with Gasteiger partial charge >= 0.3 is 5.97 Å². The van der Waals surface area contributed by atoms with E-state index in [1.807, 2.05) is 35.2 Å². The second-order valence-electron chi connectivity index (χ2n) is 10.5. The van der Waals surface area contributed by atoms with Crippen LogP contribution in [0.5, 0.6) is 0 Å². The Morgan fingerprint density at radius 3 is 2.35 bits per heavy atom. The fraction of sp³-hybridized carbons (Fsp3) is 0.333. The summed E-state index contributed by atoms with van der Waals surface area (Å²) in [5.74, 6) is -1.39. The van der Waals surface area contributed by atoms with Gasteiger partial charge in [-0.25, -0.2) is 13.2 Å². The van der Waals surface area contributed by atoms with E-state index in [-0.39, 0.29) is 33.1 Å². The smallest absolute Gasteiger partial charge is 0.337 e. The minimum absolute atomic E-state index is 0.111. The molecule has 0 aromatic heterocycles. The lowest BCUT2D eigenvalue weighted by molar-refractivity contribution is -0.114. The maximum absolute atomic E-state index is 14.2. The molecule has 2 aliphatic rings. The highest BCUT2D eigenvalue weighted by atomic mass is 35.5. The number of hydrogen-bond donors (Lipinski definition) is 2. The summed E-state index contributed by atoms with van der Waals surface area (Å²) in [7, 11) is -2.28. The molecule has 8 nitrogen and oxygen atoms in total. The highest BCUT2D eigenvalue weighted by Gasteiger charge is 2.41. The molecule has 1 fully saturated rings. The van der Waals surface area contributed by atoms with Crippen molar-refractivity contribution in [3.63, 3.8) is 0 Å². The summed E-state index contributed by atoms with van der Waals surface area (Å²) in [6.45, 7) is 1.78. The van der Waals surface area contributed by atoms with E-state index in [0.717, 1.165) is 31.4 Å². The molecular weight excluding hydrogens is 550 g/mol. The molecule has 40 heavy (non-hydrogen) atoms. The van der Waals surface area contributed by atoms with Crippen molar-refractivity contribution in [1.29, 1.82) is 0 Å². The molecule has 0 saturated heterocycles. The third kappa shape index (κ3) is 5.33. The fourth-order valence-electron chi connectivity index (χ4n) is 5.92. The van der Waals surface area contributed by atoms with Crippen molar-refractivity contribution in [2.45, 2.75) is 50.0 Å². The van der Waals surface area contributed by atoms with Crippen LogP contribution in [0.4, 0.5) is 17.1 Å². The van der Waals surface area contributed by atoms with Gasteiger partial charge in [-0.05, 0) is 60.7 Å². The summed E-state index contributed by atoms with van der Waals surface area (Å²) in [6.07, 6.45) is 5.30. The van der Waals surface area contributed by atoms with Crippen molar-refractivity contribution in [2.24, 2.45) is 5.92 Å². The van der Waals surface area contributed by atoms with Crippen LogP contribution in [0.1, 0.15) is 49.4 Å². The molecule has 5 rings (SSSR count). The van der Waals surface area contributed by atoms with E-state index in [1.165, 1.54) is 29.8 Å². The van der Waals surface area contributed by atoms with Gasteiger partial charge in [0, 0.05) is 37.8 Å². The van der Waals surface area contributed by atoms with Crippen molar-refractivity contribution in [3.8, 4) is 11.1 Å². The van der Waals surface area contributed by atoms with Crippen molar-refractivity contribution in [3.05, 3.63) is 71.2 Å². The van der Waals surface area contributed by atoms with Gasteiger partial charge in [0.05, 0.1) is 22.0 Å². The molecule has 1 saturated carbocycles. The molecule has 1 aliphatic heterocycles. The van der Waals surface area contributed by atoms with E-state index in [4.69, 9.17) is 11.6 Å². The van der Waals surface area contributed by atoms with Crippen molar-refractivity contribution in [1.82, 2.24) is 4.31 Å². The van der Waals surface area contributed by atoms with Crippen molar-refractivity contribution < 1.29 is 23.1 Å². The number of hydrogen-bond acceptors (Lipinski definition) is 5. The van der Waals surface area contributed by atoms with E-state index in [9.17, 15) is 23.1 Å². The molecule has 0 bridgehead atoms. The first-order valence-corrected chi connectivity index (χ1v) is 15.2. The first-order valence-electron chi connectivity index (χ1n) is 13.4. The molecule has 0 spiro atoms. The van der Waals surface area contributed by atoms with E-state index >= 15 is 0 Å². The normalized spacial score (nSPS) is 19.5. The van der Waals surface area contributed by atoms with Gasteiger partial charge < -0.3 is 15.3 Å². The lowest BCUT2D eigenvalue weighted by atomic mass is 9.83. The minimum atomic E-state index is -3.93. The number of para-hydroxylation sites is 1. The van der Waals surface area contributed by atoms with Gasteiger partial charge in [-0.2, -0.15) is 4.31 Å². The molecule has 2 N–H and O–H groups in total. The number of carboxylic acids is 1. The van der Waals surface area contributed by atoms with E-state index < -0.39 is 21.9 Å². The van der Waals surface area contributed by atoms with Gasteiger partial charge in [0.15, 0.2) is 0 Å². The molecule has 1 amide bonds. The Balaban J connectivity index is 1.69. The molecule has 1 aliphatic carbocycles. The number of carbonyl (C=O) groups excluding carboxylic acids is 1. The number of benzene rings is 3. The lowest BCUT2D eigenvalue weighted by Crippen LogP contribution is -2.46. The largest absolute Gasteiger partial charge is 0.478 e. The number of rotatable bonds is 5. The van der Waals surface area contributed by atoms with E-state index in [1.54, 1.807) is 25.2 Å². The first kappa shape index (κ1) is 28.1. The summed E-state index contributed by atoms with van der Waals surface area (Å²) in [5, 5.41) is 12.6. The minimum Gasteiger partial charge on any atom is -0.478 e. The van der Waals surface area contributed by atoms with Crippen molar-refractivity contribution in [2.75, 3.05) is 23.8 Å². The maximum Gasteiger partial charge on any atom is 0.337 e. The standard InChI is InChI=1S/C30H32ClN3O5S/c1-19(35)32-26-14-13-21(15-24(26)30(36)37)23-16-29-27(17-25(23)31)34(22-11-7-4-8-12-22)18-28(33(2)40(29,38)39)20-9-5-3-6-10-20/h4,7-8,11-17,20,28H,3,5-6,9-10,18H2,1-2H3,(H,32,35)(H,36,37)/t28-/m0/s1. The summed E-state index contributed by atoms with van der Waals surface area (Å²) in [4.78, 5) is 25.7. The summed E-state index contributed by atoms with van der Waals surface area (Å²) >= 11 is 6.82. The van der Waals surface area contributed by atoms with Gasteiger partial charge in [-0.1, -0.05) is 55.1 Å². The molecular formula is C30H32ClN3O5S. The van der Waals surface area contributed by atoms with Gasteiger partial charge in [-0.3, -0.25) is 4.79 Å². The Bertz CT molecular complexity index is 1560. The number of nitrogens with one attached hydrogen (secondary N) is 1. The van der Waals surface area contributed by atoms with Gasteiger partial charge in [-0.15, -0.1) is 0 Å². The predicted octanol–water partition coefficient (Wildman–Crippen LogP) is 6.38. The molecule has 3 aromatic carbocycles. The number of halogens is 1. The van der Waals surface area contributed by atoms with Crippen LogP contribution in [0.3, 0.4) is 0 Å². The number of anilines is 3. The van der Waals surface area contributed by atoms with Crippen LogP contribution >= 0.6 is 11.6 Å². The van der Waals surface area contributed by atoms with Gasteiger partial charge in [0.2, 0.25) is 15.9 Å². The van der Waals surface area contributed by atoms with Crippen LogP contribution in [0, 0.1) is 5.92 Å². The lowest BCUT2D eigenvalue weighted by Gasteiger charge is -2.36. The molecule has 0 unspecified atom stereocenters. The Morgan fingerprint density at radius 2 is 1.70 bits per heavy atom. The van der Waals surface area contributed by atoms with Crippen LogP contribution in [0.15, 0.2) is 65.6 Å². The number of amides is 1. The highest BCUT2D eigenvalue weighted by molar-refractivity contribution is 7.89. The Morgan fingerprint density at radius 1 is 1.00 bits per heavy atom. The summed E-state index contributed by atoms with van der Waals surface area (Å²) in [5.41, 5.74) is 2.19. The third-order valence-corrected chi connectivity index (χ3v) is 10.2. The summed E-state index contributed by atoms with van der Waals surface area (Å²) < 4.78 is 29.9. The molecule has 0 radical (unpaired) electrons. The zero-order valence-corrected chi connectivity index (χ0v) is 24.0. The second kappa shape index (κ2) is 11.2. The van der Waals surface area contributed by atoms with E-state index in [2.05, 4.69) is 5.32 Å². The highest BCUT2D eigenvalue weighted by Crippen LogP contribution is 2.44. The average molecular weight is 582 g/mol. The number of carboxylic acid groups (broad SMARTS) is 1. The number of carbonyl (C=O) groups is 2. The van der Waals surface area contributed by atoms with Crippen LogP contribution in [0.2, 0.25) is 5.02 Å². The second-order valence-corrected chi connectivity index (χ2v) is 12.9. The van der Waals surface area contributed by atoms with E-state index in [0.29, 0.717) is 23.4 Å². The first-order chi connectivity index (χ1) is 19.1. The number of nitrogens with zero attached hydrogens (tertiary/aromatic N) is 2. The Labute approximate surface area is 239 Å². The predicted molar refractivity (Wildman–Crippen MR) is 157 cm³/mol. The monoisotopic (exact) mass is 581 g/mol. The Hall–Kier alpha value is -3.40. The molecule has 1 atom stereocenters. The van der Waals surface area contributed by atoms with Crippen LogP contribution < -0.4 is 10.2 Å². The van der Waals surface area contributed by atoms with Crippen LogP contribution in [-0.2, 0) is 14.8 Å². The number of sulfonamides is 1. The quantitative estimate of drug-likeness (QED) is 0.362. The van der Waals surface area contributed by atoms with Crippen LogP contribution in [0.25, 0.3) is 11.1 Å². The molecule has 10 heteroatoms. The number of fused-ring (bicyclic) bond motifs is 1. The van der Waals surface area contributed by atoms with Gasteiger partial charge in [0.1, 0.15) is 4.90 Å². The summed E-state index contributed by atoms with van der Waals surface area (Å²) in [6, 6.07) is 17.2. The van der Waals surface area contributed by atoms with Gasteiger partial charge in [0.25, 0.3) is 0 Å². The zero-order chi connectivity index (χ0) is 28.6. The SMILES string of the molecule is CC(=O)Nc1ccc(-c2cc3c(cc2Cl)N(c2ccccc2)C[C@@H](C2CCCCC2)N(C)S3(=O)=O)cc1C(=O)O. The third-order valence-electron chi connectivity index (χ3n) is 7.97. The van der Waals surface area contributed by atoms with Crippen molar-refractivity contribution >= 4 is 50.6 Å². The molecule has 210 valence electrons.